The van der Waals surface area contributed by atoms with Gasteiger partial charge >= 0.3 is 0 Å². The average molecular weight is 329 g/mol. The second kappa shape index (κ2) is 8.63. The van der Waals surface area contributed by atoms with Gasteiger partial charge in [-0.05, 0) is 48.9 Å². The molecule has 0 spiro atoms. The molecule has 0 aliphatic carbocycles. The second-order valence-electron chi connectivity index (χ2n) is 5.20. The van der Waals surface area contributed by atoms with Gasteiger partial charge in [-0.1, -0.05) is 38.1 Å². The number of rotatable bonds is 7. The second-order valence-corrected chi connectivity index (χ2v) is 6.05. The van der Waals surface area contributed by atoms with Gasteiger partial charge in [0.2, 0.25) is 0 Å². The molecule has 0 fully saturated rings. The highest BCUT2D eigenvalue weighted by atomic mass is 32.2. The van der Waals surface area contributed by atoms with Gasteiger partial charge in [0.15, 0.2) is 6.10 Å². The van der Waals surface area contributed by atoms with Gasteiger partial charge in [0, 0.05) is 4.90 Å². The molecule has 1 atom stereocenters. The van der Waals surface area contributed by atoms with Crippen LogP contribution < -0.4 is 10.1 Å². The smallest absolute Gasteiger partial charge is 0.265 e. The summed E-state index contributed by atoms with van der Waals surface area (Å²) in [5.41, 5.74) is 2.08. The minimum absolute atomic E-state index is 0.117. The molecule has 0 radical (unpaired) electrons. The van der Waals surface area contributed by atoms with Gasteiger partial charge < -0.3 is 10.1 Å². The van der Waals surface area contributed by atoms with Gasteiger partial charge in [-0.15, -0.1) is 11.8 Å². The van der Waals surface area contributed by atoms with Crippen molar-refractivity contribution in [2.45, 2.75) is 37.7 Å². The molecule has 0 aromatic heterocycles. The van der Waals surface area contributed by atoms with E-state index in [-0.39, 0.29) is 5.91 Å². The molecule has 1 N–H and O–H groups in total. The Bertz CT molecular complexity index is 640. The summed E-state index contributed by atoms with van der Waals surface area (Å²) >= 11 is 1.61. The highest BCUT2D eigenvalue weighted by molar-refractivity contribution is 7.98. The maximum atomic E-state index is 12.5. The normalized spacial score (nSPS) is 11.8. The van der Waals surface area contributed by atoms with Crippen LogP contribution >= 0.6 is 11.8 Å². The van der Waals surface area contributed by atoms with E-state index < -0.39 is 6.10 Å². The van der Waals surface area contributed by atoms with Gasteiger partial charge in [0.25, 0.3) is 5.91 Å². The van der Waals surface area contributed by atoms with Crippen molar-refractivity contribution in [2.24, 2.45) is 0 Å². The zero-order valence-corrected chi connectivity index (χ0v) is 14.7. The fourth-order valence-electron chi connectivity index (χ4n) is 2.25. The first-order valence-electron chi connectivity index (χ1n) is 7.87. The van der Waals surface area contributed by atoms with Crippen LogP contribution in [-0.4, -0.2) is 18.3 Å². The number of carbonyl (C=O) groups is 1. The van der Waals surface area contributed by atoms with Crippen LogP contribution in [0.2, 0.25) is 0 Å². The van der Waals surface area contributed by atoms with E-state index in [4.69, 9.17) is 4.74 Å². The van der Waals surface area contributed by atoms with Crippen molar-refractivity contribution >= 4 is 23.4 Å². The first-order chi connectivity index (χ1) is 11.2. The van der Waals surface area contributed by atoms with Crippen LogP contribution in [0, 0.1) is 0 Å². The third-order valence-electron chi connectivity index (χ3n) is 3.64. The number of hydrogen-bond donors (Lipinski definition) is 1. The zero-order chi connectivity index (χ0) is 16.7. The summed E-state index contributed by atoms with van der Waals surface area (Å²) in [5.74, 6) is 0.607. The number of nitrogens with one attached hydrogen (secondary N) is 1. The highest BCUT2D eigenvalue weighted by Crippen LogP contribution is 2.25. The predicted molar refractivity (Wildman–Crippen MR) is 97.4 cm³/mol. The van der Waals surface area contributed by atoms with Crippen LogP contribution in [0.5, 0.6) is 5.75 Å². The van der Waals surface area contributed by atoms with E-state index in [1.165, 1.54) is 5.56 Å². The predicted octanol–water partition coefficient (Wildman–Crippen LogP) is 4.77. The number of ether oxygens (including phenoxy) is 1. The average Bonchev–Trinajstić information content (AvgIpc) is 2.60. The molecular formula is C19H23NO2S. The van der Waals surface area contributed by atoms with Crippen molar-refractivity contribution in [2.75, 3.05) is 11.6 Å². The Balaban J connectivity index is 2.05. The van der Waals surface area contributed by atoms with Crippen molar-refractivity contribution in [3.8, 4) is 5.75 Å². The molecule has 0 aliphatic heterocycles. The summed E-state index contributed by atoms with van der Waals surface area (Å²) in [5, 5.41) is 2.97. The molecule has 0 heterocycles. The summed E-state index contributed by atoms with van der Waals surface area (Å²) in [7, 11) is 0. The fraction of sp³-hybridized carbons (Fsp3) is 0.316. The largest absolute Gasteiger partial charge is 0.481 e. The number of thioether (sulfide) groups is 1. The molecule has 0 aliphatic rings. The number of carbonyl (C=O) groups excluding carboxylic acids is 1. The van der Waals surface area contributed by atoms with Gasteiger partial charge in [-0.2, -0.15) is 0 Å². The molecule has 0 saturated heterocycles. The number of amides is 1. The Morgan fingerprint density at radius 2 is 1.83 bits per heavy atom. The first-order valence-corrected chi connectivity index (χ1v) is 9.09. The van der Waals surface area contributed by atoms with Crippen LogP contribution in [0.4, 0.5) is 5.69 Å². The Labute approximate surface area is 142 Å². The summed E-state index contributed by atoms with van der Waals surface area (Å²) in [6.45, 7) is 4.06. The molecule has 4 heteroatoms. The van der Waals surface area contributed by atoms with Crippen molar-refractivity contribution in [3.05, 3.63) is 54.1 Å². The maximum absolute atomic E-state index is 12.5. The molecule has 1 amide bonds. The van der Waals surface area contributed by atoms with E-state index in [0.717, 1.165) is 22.8 Å². The number of aryl methyl sites for hydroxylation is 1. The van der Waals surface area contributed by atoms with Crippen LogP contribution in [0.1, 0.15) is 25.8 Å². The molecule has 3 nitrogen and oxygen atoms in total. The molecule has 0 unspecified atom stereocenters. The lowest BCUT2D eigenvalue weighted by molar-refractivity contribution is -0.122. The molecule has 0 bridgehead atoms. The van der Waals surface area contributed by atoms with Crippen molar-refractivity contribution in [3.63, 3.8) is 0 Å². The Kier molecular flexibility index (Phi) is 6.53. The van der Waals surface area contributed by atoms with Crippen LogP contribution in [0.25, 0.3) is 0 Å². The van der Waals surface area contributed by atoms with Crippen molar-refractivity contribution in [1.82, 2.24) is 0 Å². The van der Waals surface area contributed by atoms with Gasteiger partial charge in [-0.25, -0.2) is 0 Å². The van der Waals surface area contributed by atoms with Crippen molar-refractivity contribution in [1.29, 1.82) is 0 Å². The van der Waals surface area contributed by atoms with E-state index in [2.05, 4.69) is 12.2 Å². The minimum atomic E-state index is -0.502. The Hall–Kier alpha value is -1.94. The quantitative estimate of drug-likeness (QED) is 0.744. The number of hydrogen-bond acceptors (Lipinski definition) is 3. The van der Waals surface area contributed by atoms with E-state index in [1.807, 2.05) is 61.7 Å². The zero-order valence-electron chi connectivity index (χ0n) is 13.8. The number of para-hydroxylation sites is 1. The lowest BCUT2D eigenvalue weighted by Crippen LogP contribution is -2.32. The fourth-order valence-corrected chi connectivity index (χ4v) is 2.81. The van der Waals surface area contributed by atoms with E-state index >= 15 is 0 Å². The van der Waals surface area contributed by atoms with E-state index in [0.29, 0.717) is 6.42 Å². The summed E-state index contributed by atoms with van der Waals surface area (Å²) in [6.07, 6.45) is 3.10. The van der Waals surface area contributed by atoms with Crippen LogP contribution in [0.15, 0.2) is 53.4 Å². The first kappa shape index (κ1) is 17.4. The van der Waals surface area contributed by atoms with E-state index in [1.54, 1.807) is 11.8 Å². The lowest BCUT2D eigenvalue weighted by atomic mass is 10.1. The highest BCUT2D eigenvalue weighted by Gasteiger charge is 2.19. The molecule has 2 rings (SSSR count). The molecule has 122 valence electrons. The standard InChI is InChI=1S/C19H23NO2S/c1-4-14-10-12-15(13-11-14)22-17(5-2)19(21)20-16-8-6-7-9-18(16)23-3/h6-13,17H,4-5H2,1-3H3,(H,20,21)/t17-/m1/s1. The van der Waals surface area contributed by atoms with Gasteiger partial charge in [-0.3, -0.25) is 4.79 Å². The summed E-state index contributed by atoms with van der Waals surface area (Å²) < 4.78 is 5.85. The maximum Gasteiger partial charge on any atom is 0.265 e. The molecule has 0 saturated carbocycles. The minimum Gasteiger partial charge on any atom is -0.481 e. The number of benzene rings is 2. The Morgan fingerprint density at radius 3 is 2.43 bits per heavy atom. The third kappa shape index (κ3) is 4.76. The van der Waals surface area contributed by atoms with Gasteiger partial charge in [0.1, 0.15) is 5.75 Å². The summed E-state index contributed by atoms with van der Waals surface area (Å²) in [4.78, 5) is 13.5. The number of anilines is 1. The SMILES string of the molecule is CCc1ccc(O[C@H](CC)C(=O)Nc2ccccc2SC)cc1. The molecule has 23 heavy (non-hydrogen) atoms. The molecule has 2 aromatic carbocycles. The van der Waals surface area contributed by atoms with Crippen molar-refractivity contribution < 1.29 is 9.53 Å². The monoisotopic (exact) mass is 329 g/mol. The molecule has 2 aromatic rings. The Morgan fingerprint density at radius 1 is 1.13 bits per heavy atom. The van der Waals surface area contributed by atoms with Gasteiger partial charge in [0.05, 0.1) is 5.69 Å². The summed E-state index contributed by atoms with van der Waals surface area (Å²) in [6, 6.07) is 15.7. The third-order valence-corrected chi connectivity index (χ3v) is 4.43. The lowest BCUT2D eigenvalue weighted by Gasteiger charge is -2.18. The molecular weight excluding hydrogens is 306 g/mol. The topological polar surface area (TPSA) is 38.3 Å². The van der Waals surface area contributed by atoms with Crippen LogP contribution in [0.3, 0.4) is 0 Å². The van der Waals surface area contributed by atoms with Crippen LogP contribution in [-0.2, 0) is 11.2 Å². The van der Waals surface area contributed by atoms with E-state index in [9.17, 15) is 4.79 Å².